The molecule has 1 N–H and O–H groups in total. The van der Waals surface area contributed by atoms with Crippen molar-refractivity contribution in [1.82, 2.24) is 34.4 Å². The minimum atomic E-state index is 0.143. The zero-order valence-corrected chi connectivity index (χ0v) is 21.6. The highest BCUT2D eigenvalue weighted by Crippen LogP contribution is 2.36. The zero-order valence-electron chi connectivity index (χ0n) is 21.6. The third kappa shape index (κ3) is 4.50. The van der Waals surface area contributed by atoms with Crippen LogP contribution in [0.3, 0.4) is 0 Å². The van der Waals surface area contributed by atoms with Crippen molar-refractivity contribution in [2.24, 2.45) is 7.05 Å². The van der Waals surface area contributed by atoms with Gasteiger partial charge < -0.3 is 10.2 Å². The number of piperidine rings is 1. The highest BCUT2D eigenvalue weighted by molar-refractivity contribution is 5.73. The van der Waals surface area contributed by atoms with E-state index >= 15 is 0 Å². The Morgan fingerprint density at radius 2 is 1.95 bits per heavy atom. The van der Waals surface area contributed by atoms with Crippen molar-refractivity contribution in [3.8, 4) is 11.3 Å². The predicted molar refractivity (Wildman–Crippen MR) is 142 cm³/mol. The summed E-state index contributed by atoms with van der Waals surface area (Å²) in [6.07, 6.45) is 10.2. The van der Waals surface area contributed by atoms with Crippen molar-refractivity contribution < 1.29 is 4.79 Å². The van der Waals surface area contributed by atoms with Gasteiger partial charge in [0.15, 0.2) is 0 Å². The van der Waals surface area contributed by atoms with Gasteiger partial charge >= 0.3 is 0 Å². The molecule has 1 fully saturated rings. The van der Waals surface area contributed by atoms with Crippen LogP contribution in [0.5, 0.6) is 0 Å². The van der Waals surface area contributed by atoms with Crippen molar-refractivity contribution in [2.45, 2.75) is 52.0 Å². The number of hydrogen-bond acceptors (Lipinski definition) is 6. The molecule has 9 nitrogen and oxygen atoms in total. The number of hydrogen-bond donors (Lipinski definition) is 1. The lowest BCUT2D eigenvalue weighted by atomic mass is 9.91. The van der Waals surface area contributed by atoms with Crippen LogP contribution in [0.2, 0.25) is 0 Å². The normalized spacial score (nSPS) is 15.4. The van der Waals surface area contributed by atoms with E-state index in [1.165, 1.54) is 16.8 Å². The first-order valence-corrected chi connectivity index (χ1v) is 13.0. The van der Waals surface area contributed by atoms with Crippen LogP contribution in [-0.4, -0.2) is 53.4 Å². The molecule has 3 aromatic heterocycles. The Balaban J connectivity index is 1.25. The number of benzene rings is 1. The monoisotopic (exact) mass is 496 g/mol. The SMILES string of the molecule is CC(=O)N1CCC(n2cc(Nc3ncc4c(n3)-c3c(nn(C)c3Cc3ccccc3C)CC4)cn2)CC1. The van der Waals surface area contributed by atoms with Gasteiger partial charge in [-0.2, -0.15) is 10.2 Å². The average molecular weight is 497 g/mol. The topological polar surface area (TPSA) is 93.8 Å². The molecule has 37 heavy (non-hydrogen) atoms. The molecule has 0 bridgehead atoms. The Kier molecular flexibility index (Phi) is 5.98. The van der Waals surface area contributed by atoms with Gasteiger partial charge in [0.2, 0.25) is 11.9 Å². The number of nitrogens with one attached hydrogen (secondary N) is 1. The minimum Gasteiger partial charge on any atom is -0.343 e. The summed E-state index contributed by atoms with van der Waals surface area (Å²) in [5.41, 5.74) is 9.00. The highest BCUT2D eigenvalue weighted by Gasteiger charge is 2.27. The maximum Gasteiger partial charge on any atom is 0.227 e. The number of anilines is 2. The van der Waals surface area contributed by atoms with Crippen molar-refractivity contribution in [3.05, 3.63) is 70.9 Å². The number of rotatable bonds is 5. The first kappa shape index (κ1) is 23.4. The Hall–Kier alpha value is -4.01. The van der Waals surface area contributed by atoms with Crippen molar-refractivity contribution >= 4 is 17.5 Å². The summed E-state index contributed by atoms with van der Waals surface area (Å²) in [4.78, 5) is 23.1. The second-order valence-electron chi connectivity index (χ2n) is 10.1. The van der Waals surface area contributed by atoms with Crippen molar-refractivity contribution in [2.75, 3.05) is 18.4 Å². The molecular formula is C28H32N8O. The number of aryl methyl sites for hydroxylation is 4. The second kappa shape index (κ2) is 9.46. The van der Waals surface area contributed by atoms with E-state index in [1.54, 1.807) is 6.92 Å². The summed E-state index contributed by atoms with van der Waals surface area (Å²) in [5.74, 6) is 0.702. The molecule has 2 aliphatic rings. The smallest absolute Gasteiger partial charge is 0.227 e. The number of fused-ring (bicyclic) bond motifs is 3. The van der Waals surface area contributed by atoms with Gasteiger partial charge in [0.1, 0.15) is 0 Å². The largest absolute Gasteiger partial charge is 0.343 e. The number of nitrogens with zero attached hydrogens (tertiary/aromatic N) is 7. The number of amides is 1. The molecule has 4 heterocycles. The standard InChI is InChI=1S/C28H32N8O/c1-18-6-4-5-7-20(18)14-25-26-24(33-34(25)3)9-8-21-15-29-28(32-27(21)26)31-22-16-30-36(17-22)23-10-12-35(13-11-23)19(2)37/h4-7,15-17,23H,8-14H2,1-3H3,(H,29,31,32). The number of carbonyl (C=O) groups excluding carboxylic acids is 1. The molecule has 0 saturated carbocycles. The van der Waals surface area contributed by atoms with Crippen molar-refractivity contribution in [3.63, 3.8) is 0 Å². The zero-order chi connectivity index (χ0) is 25.5. The summed E-state index contributed by atoms with van der Waals surface area (Å²) in [7, 11) is 2.03. The quantitative estimate of drug-likeness (QED) is 0.449. The van der Waals surface area contributed by atoms with E-state index in [0.29, 0.717) is 5.95 Å². The molecule has 6 rings (SSSR count). The van der Waals surface area contributed by atoms with Crippen LogP contribution in [0.15, 0.2) is 42.9 Å². The molecule has 0 unspecified atom stereocenters. The Bertz CT molecular complexity index is 1460. The molecule has 0 atom stereocenters. The molecular weight excluding hydrogens is 464 g/mol. The number of aromatic nitrogens is 6. The number of likely N-dealkylation sites (tertiary alicyclic amines) is 1. The van der Waals surface area contributed by atoms with Gasteiger partial charge in [-0.3, -0.25) is 14.2 Å². The van der Waals surface area contributed by atoms with Gasteiger partial charge in [-0.1, -0.05) is 24.3 Å². The summed E-state index contributed by atoms with van der Waals surface area (Å²) >= 11 is 0. The lowest BCUT2D eigenvalue weighted by Crippen LogP contribution is -2.37. The third-order valence-corrected chi connectivity index (χ3v) is 7.73. The van der Waals surface area contributed by atoms with Gasteiger partial charge in [-0.05, 0) is 49.3 Å². The molecule has 190 valence electrons. The average Bonchev–Trinajstić information content (AvgIpc) is 3.49. The van der Waals surface area contributed by atoms with Gasteiger partial charge in [0, 0.05) is 51.4 Å². The van der Waals surface area contributed by atoms with E-state index in [9.17, 15) is 4.79 Å². The first-order chi connectivity index (χ1) is 18.0. The van der Waals surface area contributed by atoms with E-state index < -0.39 is 0 Å². The molecule has 1 amide bonds. The van der Waals surface area contributed by atoms with Crippen LogP contribution in [0.4, 0.5) is 11.6 Å². The maximum absolute atomic E-state index is 11.6. The van der Waals surface area contributed by atoms with E-state index in [4.69, 9.17) is 10.1 Å². The van der Waals surface area contributed by atoms with Gasteiger partial charge in [0.05, 0.1) is 35.0 Å². The van der Waals surface area contributed by atoms with Gasteiger partial charge in [-0.25, -0.2) is 9.97 Å². The van der Waals surface area contributed by atoms with E-state index in [1.807, 2.05) is 39.9 Å². The summed E-state index contributed by atoms with van der Waals surface area (Å²) < 4.78 is 4.01. The maximum atomic E-state index is 11.6. The fraction of sp³-hybridized carbons (Fsp3) is 0.393. The third-order valence-electron chi connectivity index (χ3n) is 7.73. The second-order valence-corrected chi connectivity index (χ2v) is 10.1. The Morgan fingerprint density at radius 3 is 2.73 bits per heavy atom. The summed E-state index contributed by atoms with van der Waals surface area (Å²) in [5, 5.41) is 12.8. The van der Waals surface area contributed by atoms with E-state index in [-0.39, 0.29) is 11.9 Å². The molecule has 9 heteroatoms. The summed E-state index contributed by atoms with van der Waals surface area (Å²) in [6.45, 7) is 5.34. The van der Waals surface area contributed by atoms with Crippen LogP contribution in [0, 0.1) is 6.92 Å². The Labute approximate surface area is 216 Å². The lowest BCUT2D eigenvalue weighted by molar-refractivity contribution is -0.130. The van der Waals surface area contributed by atoms with Gasteiger partial charge in [-0.15, -0.1) is 0 Å². The van der Waals surface area contributed by atoms with Crippen LogP contribution >= 0.6 is 0 Å². The van der Waals surface area contributed by atoms with Crippen LogP contribution in [0.1, 0.15) is 53.9 Å². The highest BCUT2D eigenvalue weighted by atomic mass is 16.2. The van der Waals surface area contributed by atoms with Gasteiger partial charge in [0.25, 0.3) is 0 Å². The van der Waals surface area contributed by atoms with E-state index in [2.05, 4.69) is 46.6 Å². The molecule has 1 saturated heterocycles. The molecule has 0 spiro atoms. The minimum absolute atomic E-state index is 0.143. The lowest BCUT2D eigenvalue weighted by Gasteiger charge is -2.31. The summed E-state index contributed by atoms with van der Waals surface area (Å²) in [6, 6.07) is 8.80. The molecule has 4 aromatic rings. The predicted octanol–water partition coefficient (Wildman–Crippen LogP) is 4.00. The molecule has 0 radical (unpaired) electrons. The van der Waals surface area contributed by atoms with Crippen molar-refractivity contribution in [1.29, 1.82) is 0 Å². The van der Waals surface area contributed by atoms with Crippen LogP contribution in [0.25, 0.3) is 11.3 Å². The molecule has 1 aliphatic carbocycles. The number of carbonyl (C=O) groups is 1. The van der Waals surface area contributed by atoms with E-state index in [0.717, 1.165) is 73.4 Å². The molecule has 1 aromatic carbocycles. The Morgan fingerprint density at radius 1 is 1.14 bits per heavy atom. The fourth-order valence-corrected chi connectivity index (χ4v) is 5.56. The fourth-order valence-electron chi connectivity index (χ4n) is 5.56. The first-order valence-electron chi connectivity index (χ1n) is 13.0. The van der Waals surface area contributed by atoms with Crippen LogP contribution in [-0.2, 0) is 31.1 Å². The van der Waals surface area contributed by atoms with Crippen LogP contribution < -0.4 is 5.32 Å². The molecule has 1 aliphatic heterocycles.